The van der Waals surface area contributed by atoms with Crippen LogP contribution in [0.2, 0.25) is 0 Å². The van der Waals surface area contributed by atoms with Crippen molar-refractivity contribution in [1.82, 2.24) is 0 Å². The smallest absolute Gasteiger partial charge is 0.187 e. The Hall–Kier alpha value is -0.780. The summed E-state index contributed by atoms with van der Waals surface area (Å²) >= 11 is 0. The Morgan fingerprint density at radius 3 is 2.24 bits per heavy atom. The van der Waals surface area contributed by atoms with Gasteiger partial charge in [-0.05, 0) is 93.3 Å². The van der Waals surface area contributed by atoms with Crippen molar-refractivity contribution in [1.29, 1.82) is 0 Å². The summed E-state index contributed by atoms with van der Waals surface area (Å²) in [4.78, 5) is 0. The van der Waals surface area contributed by atoms with E-state index < -0.39 is 73.3 Å². The monoisotopic (exact) mass is 766 g/mol. The van der Waals surface area contributed by atoms with Crippen molar-refractivity contribution in [3.8, 4) is 0 Å². The number of hydrogen-bond donors (Lipinski definition) is 7. The molecule has 2 bridgehead atoms. The number of hydrogen-bond acceptors (Lipinski definition) is 13. The van der Waals surface area contributed by atoms with Crippen molar-refractivity contribution in [3.05, 3.63) is 11.6 Å². The first-order chi connectivity index (χ1) is 25.3. The molecule has 7 N–H and O–H groups in total. The van der Waals surface area contributed by atoms with Crippen molar-refractivity contribution in [2.24, 2.45) is 51.2 Å². The predicted octanol–water partition coefficient (Wildman–Crippen LogP) is 2.00. The second kappa shape index (κ2) is 13.4. The topological polar surface area (TPSA) is 197 Å². The summed E-state index contributed by atoms with van der Waals surface area (Å²) in [7, 11) is 0. The Labute approximate surface area is 319 Å². The highest BCUT2D eigenvalue weighted by molar-refractivity contribution is 5.27. The fraction of sp³-hybridized carbons (Fsp3) is 0.951. The number of aliphatic hydroxyl groups excluding tert-OH is 6. The fourth-order valence-electron chi connectivity index (χ4n) is 14.3. The number of ether oxygens (including phenoxy) is 6. The average molecular weight is 767 g/mol. The zero-order chi connectivity index (χ0) is 39.0. The minimum absolute atomic E-state index is 0.00497. The van der Waals surface area contributed by atoms with Gasteiger partial charge < -0.3 is 64.2 Å². The molecule has 8 rings (SSSR count). The van der Waals surface area contributed by atoms with E-state index >= 15 is 0 Å². The molecule has 8 fully saturated rings. The van der Waals surface area contributed by atoms with Crippen LogP contribution in [-0.4, -0.2) is 135 Å². The molecule has 4 saturated heterocycles. The maximum Gasteiger partial charge on any atom is 0.187 e. The molecule has 2 spiro atoms. The summed E-state index contributed by atoms with van der Waals surface area (Å²) in [6, 6.07) is 0. The molecule has 20 atom stereocenters. The van der Waals surface area contributed by atoms with E-state index in [0.717, 1.165) is 44.9 Å². The summed E-state index contributed by atoms with van der Waals surface area (Å²) in [5, 5.41) is 75.2. The predicted molar refractivity (Wildman–Crippen MR) is 192 cm³/mol. The number of fused-ring (bicyclic) bond motifs is 4. The van der Waals surface area contributed by atoms with Crippen LogP contribution in [0.3, 0.4) is 0 Å². The van der Waals surface area contributed by atoms with Gasteiger partial charge in [-0.1, -0.05) is 39.3 Å². The number of aliphatic hydroxyl groups is 7. The van der Waals surface area contributed by atoms with Crippen LogP contribution < -0.4 is 0 Å². The van der Waals surface area contributed by atoms with Gasteiger partial charge in [-0.3, -0.25) is 0 Å². The molecule has 0 amide bonds. The lowest BCUT2D eigenvalue weighted by Gasteiger charge is -2.70. The molecule has 308 valence electrons. The third kappa shape index (κ3) is 5.50. The lowest BCUT2D eigenvalue weighted by atomic mass is 9.35. The number of allylic oxidation sites excluding steroid dienone is 1. The molecule has 54 heavy (non-hydrogen) atoms. The molecule has 4 aliphatic heterocycles. The van der Waals surface area contributed by atoms with Gasteiger partial charge in [0.15, 0.2) is 18.4 Å². The van der Waals surface area contributed by atoms with Crippen molar-refractivity contribution < 1.29 is 64.2 Å². The SMILES string of the molecule is CC(C)=C[C@H]1CO[C@]23C[C@]4(CO2)C(CCC2[C@@]5(C)CC[C@H](O[C@@H]6OC[C@H](O)[C@@H](O[C@@H]7OC(CO)[C@@H](O)[C@@H](O)C7O)C6O)C(C)(C)C5CC[C@]24C)C3C1(C)O. The van der Waals surface area contributed by atoms with E-state index in [1.807, 2.05) is 6.92 Å². The quantitative estimate of drug-likeness (QED) is 0.153. The first-order valence-electron chi connectivity index (χ1n) is 20.5. The molecule has 0 radical (unpaired) electrons. The van der Waals surface area contributed by atoms with Gasteiger partial charge in [0.05, 0.1) is 38.1 Å². The summed E-state index contributed by atoms with van der Waals surface area (Å²) in [5.74, 6) is 0.203. The molecular weight excluding hydrogens is 700 g/mol. The van der Waals surface area contributed by atoms with Gasteiger partial charge in [0.2, 0.25) is 0 Å². The van der Waals surface area contributed by atoms with E-state index in [-0.39, 0.29) is 46.2 Å². The maximum atomic E-state index is 12.3. The zero-order valence-electron chi connectivity index (χ0n) is 33.1. The highest BCUT2D eigenvalue weighted by atomic mass is 16.7. The zero-order valence-corrected chi connectivity index (χ0v) is 33.1. The minimum atomic E-state index is -1.68. The summed E-state index contributed by atoms with van der Waals surface area (Å²) < 4.78 is 37.4. The van der Waals surface area contributed by atoms with Crippen LogP contribution in [0.5, 0.6) is 0 Å². The second-order valence-electron chi connectivity index (χ2n) is 20.1. The standard InChI is InChI=1S/C41H66O13/c1-20(2)14-21-16-50-41-18-40(19-51-41)22(33(41)39(21,7)48)8-9-26-37(5)12-11-27(36(3,4)25(37)10-13-38(26,40)6)53-34-31(47)32(23(43)17-49-34)54-35-30(46)29(45)28(44)24(15-42)52-35/h14,21-35,42-48H,8-13,15-19H2,1-7H3/t21-,22?,23-,24?,25?,26?,27-,28+,29+,30?,31?,32+,33?,34-,35-,37-,38+,39?,40-,41+/m0/s1. The Bertz CT molecular complexity index is 1450. The second-order valence-corrected chi connectivity index (χ2v) is 20.1. The largest absolute Gasteiger partial charge is 0.394 e. The fourth-order valence-corrected chi connectivity index (χ4v) is 14.3. The van der Waals surface area contributed by atoms with Gasteiger partial charge in [-0.2, -0.15) is 0 Å². The minimum Gasteiger partial charge on any atom is -0.394 e. The molecule has 13 nitrogen and oxygen atoms in total. The lowest BCUT2D eigenvalue weighted by Crippen LogP contribution is -2.68. The van der Waals surface area contributed by atoms with Gasteiger partial charge >= 0.3 is 0 Å². The summed E-state index contributed by atoms with van der Waals surface area (Å²) in [5.41, 5.74) is -0.0875. The van der Waals surface area contributed by atoms with Crippen LogP contribution in [-0.2, 0) is 28.4 Å². The summed E-state index contributed by atoms with van der Waals surface area (Å²) in [6.45, 7) is 16.1. The van der Waals surface area contributed by atoms with Crippen molar-refractivity contribution in [3.63, 3.8) is 0 Å². The molecule has 8 aliphatic rings. The van der Waals surface area contributed by atoms with E-state index in [4.69, 9.17) is 28.4 Å². The van der Waals surface area contributed by atoms with Crippen molar-refractivity contribution in [2.75, 3.05) is 26.4 Å². The Morgan fingerprint density at radius 1 is 0.796 bits per heavy atom. The van der Waals surface area contributed by atoms with Crippen LogP contribution >= 0.6 is 0 Å². The maximum absolute atomic E-state index is 12.3. The van der Waals surface area contributed by atoms with E-state index in [0.29, 0.717) is 31.0 Å². The molecule has 8 unspecified atom stereocenters. The van der Waals surface area contributed by atoms with E-state index in [9.17, 15) is 35.7 Å². The van der Waals surface area contributed by atoms with Gasteiger partial charge in [-0.15, -0.1) is 0 Å². The molecule has 4 aliphatic carbocycles. The van der Waals surface area contributed by atoms with Crippen molar-refractivity contribution in [2.45, 2.75) is 166 Å². The van der Waals surface area contributed by atoms with Gasteiger partial charge in [0.1, 0.15) is 42.7 Å². The van der Waals surface area contributed by atoms with E-state index in [1.54, 1.807) is 0 Å². The highest BCUT2D eigenvalue weighted by Gasteiger charge is 2.81. The Kier molecular flexibility index (Phi) is 9.91. The Morgan fingerprint density at radius 2 is 1.54 bits per heavy atom. The molecule has 13 heteroatoms. The van der Waals surface area contributed by atoms with Crippen LogP contribution in [0.15, 0.2) is 11.6 Å². The van der Waals surface area contributed by atoms with Crippen LogP contribution in [0.25, 0.3) is 0 Å². The summed E-state index contributed by atoms with van der Waals surface area (Å²) in [6.07, 6.45) is -4.14. The Balaban J connectivity index is 0.993. The first kappa shape index (κ1) is 40.0. The van der Waals surface area contributed by atoms with E-state index in [1.165, 1.54) is 5.57 Å². The van der Waals surface area contributed by atoms with Crippen LogP contribution in [0.1, 0.15) is 93.4 Å². The molecule has 0 aromatic heterocycles. The highest BCUT2D eigenvalue weighted by Crippen LogP contribution is 2.80. The number of rotatable bonds is 6. The van der Waals surface area contributed by atoms with Gasteiger partial charge in [0.25, 0.3) is 0 Å². The molecule has 0 aromatic rings. The molecule has 0 aromatic carbocycles. The van der Waals surface area contributed by atoms with Gasteiger partial charge in [-0.25, -0.2) is 0 Å². The third-order valence-corrected chi connectivity index (χ3v) is 16.9. The van der Waals surface area contributed by atoms with Crippen LogP contribution in [0.4, 0.5) is 0 Å². The van der Waals surface area contributed by atoms with E-state index in [2.05, 4.69) is 47.6 Å². The molecule has 4 heterocycles. The normalized spacial score (nSPS) is 57.7. The lowest BCUT2D eigenvalue weighted by molar-refractivity contribution is -0.358. The van der Waals surface area contributed by atoms with Gasteiger partial charge in [0, 0.05) is 23.7 Å². The molecular formula is C41H66O13. The van der Waals surface area contributed by atoms with Crippen LogP contribution in [0, 0.1) is 51.2 Å². The average Bonchev–Trinajstić information content (AvgIpc) is 3.64. The van der Waals surface area contributed by atoms with Crippen molar-refractivity contribution >= 4 is 0 Å². The molecule has 4 saturated carbocycles. The first-order valence-corrected chi connectivity index (χ1v) is 20.5. The third-order valence-electron chi connectivity index (χ3n) is 16.9.